The van der Waals surface area contributed by atoms with E-state index in [2.05, 4.69) is 23.5 Å². The topological polar surface area (TPSA) is 29.9 Å². The van der Waals surface area contributed by atoms with Gasteiger partial charge >= 0.3 is 0 Å². The smallest absolute Gasteiger partial charge is 0.123 e. The van der Waals surface area contributed by atoms with Gasteiger partial charge in [-0.25, -0.2) is 4.39 Å². The zero-order valence-corrected chi connectivity index (χ0v) is 11.3. The van der Waals surface area contributed by atoms with E-state index in [-0.39, 0.29) is 5.82 Å². The predicted octanol–water partition coefficient (Wildman–Crippen LogP) is 2.61. The Morgan fingerprint density at radius 1 is 1.21 bits per heavy atom. The van der Waals surface area contributed by atoms with E-state index in [1.807, 2.05) is 10.9 Å². The number of rotatable bonds is 7. The van der Waals surface area contributed by atoms with Crippen LogP contribution >= 0.6 is 0 Å². The van der Waals surface area contributed by atoms with Crippen molar-refractivity contribution in [3.63, 3.8) is 0 Å². The molecule has 3 nitrogen and oxygen atoms in total. The number of aromatic nitrogens is 2. The molecule has 19 heavy (non-hydrogen) atoms. The highest BCUT2D eigenvalue weighted by molar-refractivity contribution is 5.16. The molecule has 2 rings (SSSR count). The predicted molar refractivity (Wildman–Crippen MR) is 74.6 cm³/mol. The Hall–Kier alpha value is -1.68. The van der Waals surface area contributed by atoms with E-state index in [0.717, 1.165) is 31.5 Å². The monoisotopic (exact) mass is 261 g/mol. The molecule has 0 bridgehead atoms. The zero-order chi connectivity index (χ0) is 13.5. The Bertz CT molecular complexity index is 490. The normalized spacial score (nSPS) is 10.8. The molecule has 102 valence electrons. The first-order chi connectivity index (χ1) is 9.28. The molecule has 0 saturated heterocycles. The largest absolute Gasteiger partial charge is 0.317 e. The van der Waals surface area contributed by atoms with Crippen LogP contribution in [0, 0.1) is 5.82 Å². The minimum Gasteiger partial charge on any atom is -0.317 e. The molecule has 0 saturated carbocycles. The second-order valence-electron chi connectivity index (χ2n) is 4.63. The first kappa shape index (κ1) is 13.7. The van der Waals surface area contributed by atoms with Gasteiger partial charge in [-0.3, -0.25) is 4.68 Å². The standard InChI is InChI=1S/C15H20FN3/c1-2-17-9-3-4-14-10-18-19(12-14)11-13-5-7-15(16)8-6-13/h5-8,10,12,17H,2-4,9,11H2,1H3. The number of benzene rings is 1. The molecule has 0 radical (unpaired) electrons. The zero-order valence-electron chi connectivity index (χ0n) is 11.3. The van der Waals surface area contributed by atoms with Gasteiger partial charge in [0.05, 0.1) is 12.7 Å². The van der Waals surface area contributed by atoms with Crippen LogP contribution in [0.25, 0.3) is 0 Å². The Labute approximate surface area is 113 Å². The average Bonchev–Trinajstić information content (AvgIpc) is 2.85. The lowest BCUT2D eigenvalue weighted by atomic mass is 10.2. The maximum atomic E-state index is 12.8. The summed E-state index contributed by atoms with van der Waals surface area (Å²) in [4.78, 5) is 0. The Balaban J connectivity index is 1.85. The van der Waals surface area contributed by atoms with Gasteiger partial charge in [-0.2, -0.15) is 5.10 Å². The van der Waals surface area contributed by atoms with Crippen LogP contribution in [0.1, 0.15) is 24.5 Å². The maximum absolute atomic E-state index is 12.8. The molecule has 0 fully saturated rings. The lowest BCUT2D eigenvalue weighted by Gasteiger charge is -2.01. The summed E-state index contributed by atoms with van der Waals surface area (Å²) in [6.07, 6.45) is 6.14. The molecule has 0 spiro atoms. The van der Waals surface area contributed by atoms with Crippen molar-refractivity contribution in [3.8, 4) is 0 Å². The van der Waals surface area contributed by atoms with Crippen LogP contribution in [0.3, 0.4) is 0 Å². The lowest BCUT2D eigenvalue weighted by Crippen LogP contribution is -2.14. The summed E-state index contributed by atoms with van der Waals surface area (Å²) in [6.45, 7) is 4.86. The van der Waals surface area contributed by atoms with E-state index in [0.29, 0.717) is 6.54 Å². The van der Waals surface area contributed by atoms with Crippen molar-refractivity contribution >= 4 is 0 Å². The van der Waals surface area contributed by atoms with Gasteiger partial charge in [-0.1, -0.05) is 19.1 Å². The van der Waals surface area contributed by atoms with Crippen molar-refractivity contribution in [2.75, 3.05) is 13.1 Å². The molecular formula is C15H20FN3. The molecule has 0 aliphatic heterocycles. The summed E-state index contributed by atoms with van der Waals surface area (Å²) < 4.78 is 14.7. The molecule has 4 heteroatoms. The third-order valence-corrected chi connectivity index (χ3v) is 3.01. The molecule has 0 amide bonds. The van der Waals surface area contributed by atoms with Crippen molar-refractivity contribution in [1.82, 2.24) is 15.1 Å². The van der Waals surface area contributed by atoms with E-state index in [1.165, 1.54) is 17.7 Å². The van der Waals surface area contributed by atoms with Gasteiger partial charge in [0.25, 0.3) is 0 Å². The molecular weight excluding hydrogens is 241 g/mol. The fourth-order valence-corrected chi connectivity index (χ4v) is 1.99. The highest BCUT2D eigenvalue weighted by Crippen LogP contribution is 2.07. The SMILES string of the molecule is CCNCCCc1cnn(Cc2ccc(F)cc2)c1. The molecule has 0 aliphatic carbocycles. The minimum absolute atomic E-state index is 0.201. The van der Waals surface area contributed by atoms with E-state index >= 15 is 0 Å². The molecule has 1 aromatic carbocycles. The lowest BCUT2D eigenvalue weighted by molar-refractivity contribution is 0.624. The fourth-order valence-electron chi connectivity index (χ4n) is 1.99. The minimum atomic E-state index is -0.201. The number of hydrogen-bond donors (Lipinski definition) is 1. The molecule has 1 aromatic heterocycles. The van der Waals surface area contributed by atoms with E-state index in [9.17, 15) is 4.39 Å². The van der Waals surface area contributed by atoms with Crippen molar-refractivity contribution in [3.05, 3.63) is 53.6 Å². The third kappa shape index (κ3) is 4.48. The average molecular weight is 261 g/mol. The van der Waals surface area contributed by atoms with E-state index in [4.69, 9.17) is 0 Å². The van der Waals surface area contributed by atoms with Gasteiger partial charge in [0, 0.05) is 6.20 Å². The highest BCUT2D eigenvalue weighted by Gasteiger charge is 2.00. The van der Waals surface area contributed by atoms with Crippen LogP contribution in [0.15, 0.2) is 36.7 Å². The van der Waals surface area contributed by atoms with Gasteiger partial charge < -0.3 is 5.32 Å². The van der Waals surface area contributed by atoms with Crippen LogP contribution in [0.5, 0.6) is 0 Å². The maximum Gasteiger partial charge on any atom is 0.123 e. The number of aryl methyl sites for hydroxylation is 1. The Morgan fingerprint density at radius 2 is 2.00 bits per heavy atom. The summed E-state index contributed by atoms with van der Waals surface area (Å²) in [6, 6.07) is 6.55. The van der Waals surface area contributed by atoms with Gasteiger partial charge in [0.1, 0.15) is 5.82 Å². The quantitative estimate of drug-likeness (QED) is 0.776. The molecule has 0 atom stereocenters. The summed E-state index contributed by atoms with van der Waals surface area (Å²) in [7, 11) is 0. The van der Waals surface area contributed by atoms with E-state index in [1.54, 1.807) is 12.1 Å². The Kier molecular flexibility index (Phi) is 5.10. The van der Waals surface area contributed by atoms with Crippen molar-refractivity contribution in [2.45, 2.75) is 26.3 Å². The third-order valence-electron chi connectivity index (χ3n) is 3.01. The first-order valence-corrected chi connectivity index (χ1v) is 6.74. The number of nitrogens with zero attached hydrogens (tertiary/aromatic N) is 2. The molecule has 2 aromatic rings. The second-order valence-corrected chi connectivity index (χ2v) is 4.63. The molecule has 1 N–H and O–H groups in total. The fraction of sp³-hybridized carbons (Fsp3) is 0.400. The number of nitrogens with one attached hydrogen (secondary N) is 1. The van der Waals surface area contributed by atoms with Crippen molar-refractivity contribution < 1.29 is 4.39 Å². The summed E-state index contributed by atoms with van der Waals surface area (Å²) in [5.41, 5.74) is 2.31. The van der Waals surface area contributed by atoms with Crippen LogP contribution in [-0.2, 0) is 13.0 Å². The van der Waals surface area contributed by atoms with Gasteiger partial charge in [0.2, 0.25) is 0 Å². The highest BCUT2D eigenvalue weighted by atomic mass is 19.1. The molecule has 1 heterocycles. The second kappa shape index (κ2) is 7.04. The van der Waals surface area contributed by atoms with Crippen molar-refractivity contribution in [2.24, 2.45) is 0 Å². The molecule has 0 unspecified atom stereocenters. The summed E-state index contributed by atoms with van der Waals surface area (Å²) in [5.74, 6) is -0.201. The number of halogens is 1. The molecule has 0 aliphatic rings. The van der Waals surface area contributed by atoms with Gasteiger partial charge in [-0.05, 0) is 49.2 Å². The first-order valence-electron chi connectivity index (χ1n) is 6.74. The summed E-state index contributed by atoms with van der Waals surface area (Å²) >= 11 is 0. The summed E-state index contributed by atoms with van der Waals surface area (Å²) in [5, 5.41) is 7.64. The van der Waals surface area contributed by atoms with Crippen molar-refractivity contribution in [1.29, 1.82) is 0 Å². The van der Waals surface area contributed by atoms with E-state index < -0.39 is 0 Å². The van der Waals surface area contributed by atoms with Gasteiger partial charge in [-0.15, -0.1) is 0 Å². The van der Waals surface area contributed by atoms with Gasteiger partial charge in [0.15, 0.2) is 0 Å². The van der Waals surface area contributed by atoms with Crippen LogP contribution in [0.4, 0.5) is 4.39 Å². The van der Waals surface area contributed by atoms with Crippen LogP contribution in [0.2, 0.25) is 0 Å². The van der Waals surface area contributed by atoms with Crippen LogP contribution < -0.4 is 5.32 Å². The van der Waals surface area contributed by atoms with Crippen LogP contribution in [-0.4, -0.2) is 22.9 Å². The Morgan fingerprint density at radius 3 is 2.74 bits per heavy atom. The number of hydrogen-bond acceptors (Lipinski definition) is 2.